The van der Waals surface area contributed by atoms with Crippen LogP contribution in [0.15, 0.2) is 31.9 Å². The fourth-order valence-electron chi connectivity index (χ4n) is 5.12. The molecule has 2 bridgehead atoms. The number of rotatable bonds is 9. The lowest BCUT2D eigenvalue weighted by Gasteiger charge is -2.31. The molecule has 0 unspecified atom stereocenters. The first-order chi connectivity index (χ1) is 16.0. The summed E-state index contributed by atoms with van der Waals surface area (Å²) < 4.78 is 40.8. The lowest BCUT2D eigenvalue weighted by atomic mass is 9.90. The largest absolute Gasteiger partial charge is 0.417 e. The Kier molecular flexibility index (Phi) is 6.23. The fraction of sp³-hybridized carbons (Fsp3) is 0.462. The van der Waals surface area contributed by atoms with Crippen molar-refractivity contribution in [3.05, 3.63) is 54.4 Å². The van der Waals surface area contributed by atoms with Crippen LogP contribution in [0.25, 0.3) is 23.4 Å². The van der Waals surface area contributed by atoms with Gasteiger partial charge in [0.15, 0.2) is 0 Å². The van der Waals surface area contributed by atoms with Crippen LogP contribution >= 0.6 is 0 Å². The van der Waals surface area contributed by atoms with E-state index in [0.29, 0.717) is 17.0 Å². The van der Waals surface area contributed by atoms with Crippen molar-refractivity contribution in [1.82, 2.24) is 15.6 Å². The van der Waals surface area contributed by atoms with Crippen LogP contribution in [-0.2, 0) is 4.79 Å². The third kappa shape index (κ3) is 4.97. The van der Waals surface area contributed by atoms with Crippen molar-refractivity contribution in [1.29, 1.82) is 0 Å². The summed E-state index contributed by atoms with van der Waals surface area (Å²) in [5.41, 5.74) is 6.26. The second-order valence-electron chi connectivity index (χ2n) is 9.88. The van der Waals surface area contributed by atoms with Crippen LogP contribution in [0.5, 0.6) is 0 Å². The van der Waals surface area contributed by atoms with Gasteiger partial charge in [0.2, 0.25) is 5.91 Å². The maximum atomic E-state index is 13.6. The van der Waals surface area contributed by atoms with E-state index in [1.54, 1.807) is 18.2 Å². The molecule has 1 aromatic heterocycles. The molecule has 1 aromatic rings. The van der Waals surface area contributed by atoms with Crippen molar-refractivity contribution < 1.29 is 18.0 Å². The van der Waals surface area contributed by atoms with Gasteiger partial charge in [-0.05, 0) is 57.1 Å². The number of aromatic nitrogens is 1. The molecule has 5 nitrogen and oxygen atoms in total. The highest BCUT2D eigenvalue weighted by Crippen LogP contribution is 2.50. The fourth-order valence-corrected chi connectivity index (χ4v) is 5.12. The first-order valence-corrected chi connectivity index (χ1v) is 11.6. The second kappa shape index (κ2) is 8.73. The van der Waals surface area contributed by atoms with Gasteiger partial charge in [-0.1, -0.05) is 31.9 Å². The van der Waals surface area contributed by atoms with Crippen LogP contribution in [0.4, 0.5) is 13.2 Å². The molecule has 4 rings (SSSR count). The monoisotopic (exact) mass is 472 g/mol. The summed E-state index contributed by atoms with van der Waals surface area (Å²) in [6, 6.07) is 1.69. The zero-order valence-electron chi connectivity index (χ0n) is 19.2. The van der Waals surface area contributed by atoms with E-state index in [-0.39, 0.29) is 40.7 Å². The van der Waals surface area contributed by atoms with Crippen LogP contribution in [0.2, 0.25) is 0 Å². The molecule has 0 aliphatic heterocycles. The molecular weight excluding hydrogens is 441 g/mol. The number of nitrogens with two attached hydrogens (primary N) is 1. The normalized spacial score (nSPS) is 26.0. The molecule has 3 aliphatic rings. The summed E-state index contributed by atoms with van der Waals surface area (Å²) in [7, 11) is 0. The summed E-state index contributed by atoms with van der Waals surface area (Å²) >= 11 is 0. The third-order valence-electron chi connectivity index (χ3n) is 7.18. The van der Waals surface area contributed by atoms with E-state index >= 15 is 0 Å². The molecule has 3 aliphatic carbocycles. The van der Waals surface area contributed by atoms with Crippen molar-refractivity contribution in [2.75, 3.05) is 6.54 Å². The van der Waals surface area contributed by atoms with E-state index in [1.807, 2.05) is 0 Å². The molecule has 8 heteroatoms. The van der Waals surface area contributed by atoms with Gasteiger partial charge in [0.05, 0.1) is 17.0 Å². The molecule has 34 heavy (non-hydrogen) atoms. The number of amides is 1. The van der Waals surface area contributed by atoms with Gasteiger partial charge in [-0.3, -0.25) is 4.79 Å². The van der Waals surface area contributed by atoms with Crippen molar-refractivity contribution in [3.63, 3.8) is 0 Å². The lowest BCUT2D eigenvalue weighted by Crippen LogP contribution is -2.39. The first-order valence-electron chi connectivity index (χ1n) is 11.6. The maximum absolute atomic E-state index is 13.6. The van der Waals surface area contributed by atoms with Gasteiger partial charge < -0.3 is 16.4 Å². The van der Waals surface area contributed by atoms with E-state index in [9.17, 15) is 18.0 Å². The molecule has 1 heterocycles. The molecule has 4 N–H and O–H groups in total. The second-order valence-corrected chi connectivity index (χ2v) is 9.88. The maximum Gasteiger partial charge on any atom is 0.417 e. The van der Waals surface area contributed by atoms with E-state index in [2.05, 4.69) is 35.4 Å². The van der Waals surface area contributed by atoms with E-state index < -0.39 is 11.7 Å². The number of halogens is 3. The summed E-state index contributed by atoms with van der Waals surface area (Å²) in [5.74, 6) is 0.0753. The predicted molar refractivity (Wildman–Crippen MR) is 129 cm³/mol. The zero-order chi connectivity index (χ0) is 24.7. The van der Waals surface area contributed by atoms with Gasteiger partial charge in [-0.15, -0.1) is 0 Å². The van der Waals surface area contributed by atoms with Crippen molar-refractivity contribution in [2.45, 2.75) is 62.2 Å². The highest BCUT2D eigenvalue weighted by atomic mass is 19.4. The molecule has 3 fully saturated rings. The highest BCUT2D eigenvalue weighted by Gasteiger charge is 2.52. The number of fused-ring (bicyclic) bond motifs is 2. The Morgan fingerprint density at radius 3 is 2.44 bits per heavy atom. The van der Waals surface area contributed by atoms with Gasteiger partial charge in [-0.25, -0.2) is 4.98 Å². The first kappa shape index (κ1) is 24.3. The van der Waals surface area contributed by atoms with Crippen LogP contribution in [0, 0.1) is 5.92 Å². The van der Waals surface area contributed by atoms with Gasteiger partial charge in [0.1, 0.15) is 0 Å². The topological polar surface area (TPSA) is 80.0 Å². The number of alkyl halides is 3. The number of carbonyl (C=O) groups excluding carboxylic acids is 1. The van der Waals surface area contributed by atoms with Gasteiger partial charge in [-0.2, -0.15) is 13.2 Å². The highest BCUT2D eigenvalue weighted by molar-refractivity contribution is 5.82. The lowest BCUT2D eigenvalue weighted by molar-refractivity contribution is -0.122. The molecule has 0 radical (unpaired) electrons. The number of hydrogen-bond donors (Lipinski definition) is 3. The molecule has 3 saturated carbocycles. The minimum atomic E-state index is -4.65. The zero-order valence-corrected chi connectivity index (χ0v) is 19.2. The van der Waals surface area contributed by atoms with E-state index in [1.165, 1.54) is 6.08 Å². The number of nitrogens with one attached hydrogen (secondary N) is 2. The Labute approximate surface area is 198 Å². The van der Waals surface area contributed by atoms with E-state index in [4.69, 9.17) is 5.73 Å². The molecular formula is C26H31F3N4O. The summed E-state index contributed by atoms with van der Waals surface area (Å²) in [5, 5.41) is 6.29. The molecule has 182 valence electrons. The summed E-state index contributed by atoms with van der Waals surface area (Å²) in [6.45, 7) is 11.4. The number of pyridine rings is 1. The summed E-state index contributed by atoms with van der Waals surface area (Å²) in [4.78, 5) is 16.0. The van der Waals surface area contributed by atoms with Gasteiger partial charge >= 0.3 is 6.18 Å². The smallest absolute Gasteiger partial charge is 0.380 e. The summed E-state index contributed by atoms with van der Waals surface area (Å²) in [6.07, 6.45) is 6.20. The van der Waals surface area contributed by atoms with Crippen LogP contribution in [0.3, 0.4) is 0 Å². The Hall–Kier alpha value is -2.87. The molecule has 1 amide bonds. The quantitative estimate of drug-likeness (QED) is 0.482. The minimum Gasteiger partial charge on any atom is -0.380 e. The molecule has 0 saturated heterocycles. The number of allylic oxidation sites excluding steroid dienone is 1. The van der Waals surface area contributed by atoms with Crippen LogP contribution < -0.4 is 16.4 Å². The minimum absolute atomic E-state index is 0.00705. The number of hydrogen-bond acceptors (Lipinski definition) is 4. The average molecular weight is 473 g/mol. The van der Waals surface area contributed by atoms with Crippen molar-refractivity contribution >= 4 is 29.3 Å². The Morgan fingerprint density at radius 1 is 1.24 bits per heavy atom. The standard InChI is InChI=1S/C26H31F3N4O/c1-4-20-21(17(3)33-25-11-9-24(30,15-25)10-12-25)14-19(32-22(20)16(2)26(27,28)29)6-5-13-31-23(34)18-7-8-18/h4-6,14,18,33H,1-3,7-13,15,30H2,(H,31,34)/b6-5+. The van der Waals surface area contributed by atoms with Crippen molar-refractivity contribution in [3.8, 4) is 0 Å². The Morgan fingerprint density at radius 2 is 1.91 bits per heavy atom. The SMILES string of the molecule is C=Cc1c(C(=C)NC23CCC(N)(CC2)C3)cc(/C=C/CNC(=O)C2CC2)nc1C(=C)C(F)(F)F. The Balaban J connectivity index is 1.63. The van der Waals surface area contributed by atoms with E-state index in [0.717, 1.165) is 44.9 Å². The van der Waals surface area contributed by atoms with Crippen molar-refractivity contribution in [2.24, 2.45) is 11.7 Å². The number of nitrogens with zero attached hydrogens (tertiary/aromatic N) is 1. The average Bonchev–Trinajstić information content (AvgIpc) is 3.52. The molecule has 0 atom stereocenters. The van der Waals surface area contributed by atoms with Gasteiger partial charge in [0.25, 0.3) is 0 Å². The molecule has 0 spiro atoms. The van der Waals surface area contributed by atoms with Gasteiger partial charge in [0, 0.05) is 40.4 Å². The Bertz CT molecular complexity index is 1060. The predicted octanol–water partition coefficient (Wildman–Crippen LogP) is 4.81. The third-order valence-corrected chi connectivity index (χ3v) is 7.18. The number of carbonyl (C=O) groups is 1. The van der Waals surface area contributed by atoms with Crippen LogP contribution in [-0.4, -0.2) is 34.7 Å². The molecule has 0 aromatic carbocycles. The van der Waals surface area contributed by atoms with Crippen LogP contribution in [0.1, 0.15) is 67.5 Å².